The monoisotopic (exact) mass is 285 g/mol. The van der Waals surface area contributed by atoms with Crippen molar-refractivity contribution in [2.45, 2.75) is 33.1 Å². The van der Waals surface area contributed by atoms with Gasteiger partial charge in [0.05, 0.1) is 19.3 Å². The Balaban J connectivity index is 2.03. The highest BCUT2D eigenvalue weighted by Gasteiger charge is 2.20. The number of halogens is 1. The van der Waals surface area contributed by atoms with Crippen LogP contribution in [0.25, 0.3) is 0 Å². The summed E-state index contributed by atoms with van der Waals surface area (Å²) in [4.78, 5) is 0. The molecule has 21 heavy (non-hydrogen) atoms. The van der Waals surface area contributed by atoms with E-state index >= 15 is 0 Å². The summed E-state index contributed by atoms with van der Waals surface area (Å²) in [6, 6.07) is 11.8. The molecule has 0 amide bonds. The van der Waals surface area contributed by atoms with Crippen molar-refractivity contribution < 1.29 is 9.13 Å². The van der Waals surface area contributed by atoms with E-state index < -0.39 is 0 Å². The van der Waals surface area contributed by atoms with E-state index in [2.05, 4.69) is 23.5 Å². The van der Waals surface area contributed by atoms with Crippen LogP contribution in [-0.2, 0) is 18.0 Å². The Morgan fingerprint density at radius 2 is 2.00 bits per heavy atom. The van der Waals surface area contributed by atoms with Crippen LogP contribution in [0.3, 0.4) is 0 Å². The van der Waals surface area contributed by atoms with E-state index in [1.807, 2.05) is 19.1 Å². The minimum Gasteiger partial charge on any atom is -0.372 e. The topological polar surface area (TPSA) is 21.3 Å². The molecule has 110 valence electrons. The summed E-state index contributed by atoms with van der Waals surface area (Å²) < 4.78 is 19.9. The number of hydrogen-bond acceptors (Lipinski definition) is 2. The van der Waals surface area contributed by atoms with E-state index in [0.717, 1.165) is 12.1 Å². The predicted octanol–water partition coefficient (Wildman–Crippen LogP) is 3.86. The number of ether oxygens (including phenoxy) is 1. The molecule has 3 heteroatoms. The van der Waals surface area contributed by atoms with E-state index in [0.29, 0.717) is 24.3 Å². The van der Waals surface area contributed by atoms with Crippen molar-refractivity contribution in [1.29, 1.82) is 0 Å². The van der Waals surface area contributed by atoms with Crippen LogP contribution in [0.1, 0.15) is 40.8 Å². The fourth-order valence-corrected chi connectivity index (χ4v) is 2.88. The number of fused-ring (bicyclic) bond motifs is 1. The Labute approximate surface area is 125 Å². The molecule has 0 radical (unpaired) electrons. The van der Waals surface area contributed by atoms with Gasteiger partial charge in [-0.2, -0.15) is 0 Å². The second-order valence-corrected chi connectivity index (χ2v) is 5.49. The van der Waals surface area contributed by atoms with E-state index in [1.54, 1.807) is 13.0 Å². The third-order valence-corrected chi connectivity index (χ3v) is 4.02. The molecule has 0 saturated carbocycles. The minimum absolute atomic E-state index is 0.124. The van der Waals surface area contributed by atoms with Gasteiger partial charge in [0.1, 0.15) is 5.82 Å². The largest absolute Gasteiger partial charge is 0.372 e. The molecule has 1 aliphatic heterocycles. The van der Waals surface area contributed by atoms with Crippen LogP contribution in [-0.4, -0.2) is 6.54 Å². The van der Waals surface area contributed by atoms with Crippen LogP contribution in [0, 0.1) is 12.7 Å². The summed E-state index contributed by atoms with van der Waals surface area (Å²) in [6.07, 6.45) is 0. The maximum atomic E-state index is 14.5. The summed E-state index contributed by atoms with van der Waals surface area (Å²) in [5.41, 5.74) is 4.92. The molecule has 0 aromatic heterocycles. The van der Waals surface area contributed by atoms with Gasteiger partial charge in [-0.05, 0) is 35.7 Å². The summed E-state index contributed by atoms with van der Waals surface area (Å²) in [7, 11) is 0. The van der Waals surface area contributed by atoms with E-state index in [9.17, 15) is 4.39 Å². The molecule has 3 rings (SSSR count). The van der Waals surface area contributed by atoms with Gasteiger partial charge in [0, 0.05) is 5.56 Å². The molecule has 0 aliphatic carbocycles. The first-order valence-corrected chi connectivity index (χ1v) is 7.38. The van der Waals surface area contributed by atoms with Crippen LogP contribution < -0.4 is 5.32 Å². The van der Waals surface area contributed by atoms with Crippen molar-refractivity contribution in [1.82, 2.24) is 5.32 Å². The average Bonchev–Trinajstić information content (AvgIpc) is 2.95. The van der Waals surface area contributed by atoms with E-state index in [1.165, 1.54) is 11.1 Å². The lowest BCUT2D eigenvalue weighted by molar-refractivity contribution is 0.134. The van der Waals surface area contributed by atoms with Crippen molar-refractivity contribution in [3.8, 4) is 0 Å². The average molecular weight is 285 g/mol. The molecule has 2 nitrogen and oxygen atoms in total. The Morgan fingerprint density at radius 1 is 1.19 bits per heavy atom. The summed E-state index contributed by atoms with van der Waals surface area (Å²) in [6.45, 7) is 5.96. The van der Waals surface area contributed by atoms with E-state index in [-0.39, 0.29) is 11.9 Å². The standard InChI is InChI=1S/C18H20FNO/c1-3-20-18(16-6-4-5-12(2)17(16)19)13-7-8-14-10-21-11-15(14)9-13/h4-9,18,20H,3,10-11H2,1-2H3. The molecule has 2 aromatic carbocycles. The Bertz CT molecular complexity index is 654. The predicted molar refractivity (Wildman–Crippen MR) is 81.6 cm³/mol. The third kappa shape index (κ3) is 2.71. The normalized spacial score (nSPS) is 15.0. The molecule has 0 saturated heterocycles. The zero-order valence-corrected chi connectivity index (χ0v) is 12.4. The highest BCUT2D eigenvalue weighted by molar-refractivity contribution is 5.40. The first-order chi connectivity index (χ1) is 10.2. The molecular formula is C18H20FNO. The van der Waals surface area contributed by atoms with Crippen molar-refractivity contribution in [3.05, 3.63) is 70.0 Å². The highest BCUT2D eigenvalue weighted by Crippen LogP contribution is 2.29. The first kappa shape index (κ1) is 14.2. The molecule has 1 atom stereocenters. The molecule has 0 fully saturated rings. The van der Waals surface area contributed by atoms with Gasteiger partial charge in [-0.1, -0.05) is 43.3 Å². The minimum atomic E-state index is -0.125. The smallest absolute Gasteiger partial charge is 0.131 e. The number of rotatable bonds is 4. The van der Waals surface area contributed by atoms with Gasteiger partial charge >= 0.3 is 0 Å². The van der Waals surface area contributed by atoms with Crippen LogP contribution in [0.4, 0.5) is 4.39 Å². The van der Waals surface area contributed by atoms with Gasteiger partial charge in [0.25, 0.3) is 0 Å². The molecule has 1 heterocycles. The zero-order valence-electron chi connectivity index (χ0n) is 12.4. The Morgan fingerprint density at radius 3 is 2.81 bits per heavy atom. The fraction of sp³-hybridized carbons (Fsp3) is 0.333. The molecule has 2 aromatic rings. The van der Waals surface area contributed by atoms with Gasteiger partial charge in [-0.15, -0.1) is 0 Å². The molecule has 1 N–H and O–H groups in total. The quantitative estimate of drug-likeness (QED) is 0.921. The Kier molecular flexibility index (Phi) is 4.04. The molecule has 0 bridgehead atoms. The van der Waals surface area contributed by atoms with Gasteiger partial charge in [-0.3, -0.25) is 0 Å². The van der Waals surface area contributed by atoms with E-state index in [4.69, 9.17) is 4.74 Å². The summed E-state index contributed by atoms with van der Waals surface area (Å²) in [5.74, 6) is -0.125. The van der Waals surface area contributed by atoms with Gasteiger partial charge in [0.15, 0.2) is 0 Å². The van der Waals surface area contributed by atoms with Crippen LogP contribution in [0.15, 0.2) is 36.4 Å². The lowest BCUT2D eigenvalue weighted by Gasteiger charge is -2.21. The van der Waals surface area contributed by atoms with Crippen LogP contribution >= 0.6 is 0 Å². The Hall–Kier alpha value is -1.71. The fourth-order valence-electron chi connectivity index (χ4n) is 2.88. The maximum absolute atomic E-state index is 14.5. The summed E-state index contributed by atoms with van der Waals surface area (Å²) >= 11 is 0. The second kappa shape index (κ2) is 5.96. The van der Waals surface area contributed by atoms with Gasteiger partial charge in [0.2, 0.25) is 0 Å². The van der Waals surface area contributed by atoms with Crippen molar-refractivity contribution in [2.75, 3.05) is 6.54 Å². The first-order valence-electron chi connectivity index (χ1n) is 7.38. The lowest BCUT2D eigenvalue weighted by atomic mass is 9.94. The zero-order chi connectivity index (χ0) is 14.8. The number of nitrogens with one attached hydrogen (secondary N) is 1. The highest BCUT2D eigenvalue weighted by atomic mass is 19.1. The van der Waals surface area contributed by atoms with Gasteiger partial charge in [-0.25, -0.2) is 4.39 Å². The van der Waals surface area contributed by atoms with Crippen molar-refractivity contribution in [3.63, 3.8) is 0 Å². The lowest BCUT2D eigenvalue weighted by Crippen LogP contribution is -2.23. The molecule has 0 spiro atoms. The molecule has 1 aliphatic rings. The second-order valence-electron chi connectivity index (χ2n) is 5.49. The number of aryl methyl sites for hydroxylation is 1. The summed E-state index contributed by atoms with van der Waals surface area (Å²) in [5, 5.41) is 3.39. The molecular weight excluding hydrogens is 265 g/mol. The van der Waals surface area contributed by atoms with Crippen LogP contribution in [0.5, 0.6) is 0 Å². The third-order valence-electron chi connectivity index (χ3n) is 4.02. The van der Waals surface area contributed by atoms with Crippen molar-refractivity contribution in [2.24, 2.45) is 0 Å². The van der Waals surface area contributed by atoms with Crippen LogP contribution in [0.2, 0.25) is 0 Å². The van der Waals surface area contributed by atoms with Crippen molar-refractivity contribution >= 4 is 0 Å². The molecule has 1 unspecified atom stereocenters. The maximum Gasteiger partial charge on any atom is 0.131 e. The number of hydrogen-bond donors (Lipinski definition) is 1. The SMILES string of the molecule is CCNC(c1ccc2c(c1)COC2)c1cccc(C)c1F. The van der Waals surface area contributed by atoms with Gasteiger partial charge < -0.3 is 10.1 Å². The number of benzene rings is 2.